The lowest BCUT2D eigenvalue weighted by Crippen LogP contribution is -2.37. The van der Waals surface area contributed by atoms with Crippen molar-refractivity contribution < 1.29 is 18.7 Å². The largest absolute Gasteiger partial charge is 0.494 e. The van der Waals surface area contributed by atoms with Crippen molar-refractivity contribution in [3.05, 3.63) is 53.8 Å². The summed E-state index contributed by atoms with van der Waals surface area (Å²) >= 11 is 1.32. The van der Waals surface area contributed by atoms with Crippen LogP contribution in [0.15, 0.2) is 42.5 Å². The Morgan fingerprint density at radius 3 is 2.83 bits per heavy atom. The first-order valence-electron chi connectivity index (χ1n) is 10.4. The zero-order valence-electron chi connectivity index (χ0n) is 17.0. The Kier molecular flexibility index (Phi) is 6.59. The van der Waals surface area contributed by atoms with Gasteiger partial charge in [0.15, 0.2) is 5.13 Å². The zero-order chi connectivity index (χ0) is 20.9. The second kappa shape index (κ2) is 9.53. The van der Waals surface area contributed by atoms with Crippen LogP contribution >= 0.6 is 11.3 Å². The molecular weight excluding hydrogens is 403 g/mol. The van der Waals surface area contributed by atoms with Gasteiger partial charge in [-0.1, -0.05) is 30.7 Å². The van der Waals surface area contributed by atoms with Gasteiger partial charge in [-0.25, -0.2) is 9.37 Å². The molecule has 2 aromatic carbocycles. The molecule has 1 saturated heterocycles. The third-order valence-electron chi connectivity index (χ3n) is 5.11. The molecule has 0 spiro atoms. The van der Waals surface area contributed by atoms with Gasteiger partial charge in [0.25, 0.3) is 5.91 Å². The Morgan fingerprint density at radius 2 is 2.13 bits per heavy atom. The monoisotopic (exact) mass is 428 g/mol. The van der Waals surface area contributed by atoms with Crippen LogP contribution in [0, 0.1) is 5.82 Å². The molecule has 1 unspecified atom stereocenters. The number of fused-ring (bicyclic) bond motifs is 1. The summed E-state index contributed by atoms with van der Waals surface area (Å²) in [5.74, 6) is 0.186. The number of unbranched alkanes of at least 4 members (excludes halogenated alkanes) is 1. The molecule has 7 heteroatoms. The van der Waals surface area contributed by atoms with Crippen LogP contribution in [-0.2, 0) is 4.74 Å². The Bertz CT molecular complexity index is 999. The van der Waals surface area contributed by atoms with Gasteiger partial charge >= 0.3 is 0 Å². The maximum absolute atomic E-state index is 14.2. The highest BCUT2D eigenvalue weighted by Crippen LogP contribution is 2.32. The molecule has 3 aromatic rings. The van der Waals surface area contributed by atoms with E-state index in [4.69, 9.17) is 9.47 Å². The average molecular weight is 429 g/mol. The molecule has 2 heterocycles. The lowest BCUT2D eigenvalue weighted by Gasteiger charge is -2.23. The van der Waals surface area contributed by atoms with Gasteiger partial charge in [0, 0.05) is 12.2 Å². The van der Waals surface area contributed by atoms with E-state index in [1.165, 1.54) is 17.4 Å². The van der Waals surface area contributed by atoms with Crippen LogP contribution in [-0.4, -0.2) is 36.8 Å². The predicted molar refractivity (Wildman–Crippen MR) is 117 cm³/mol. The van der Waals surface area contributed by atoms with E-state index in [0.717, 1.165) is 36.1 Å². The first-order valence-corrected chi connectivity index (χ1v) is 11.2. The summed E-state index contributed by atoms with van der Waals surface area (Å²) in [6.45, 7) is 3.87. The summed E-state index contributed by atoms with van der Waals surface area (Å²) in [6.07, 6.45) is 3.89. The molecule has 0 saturated carbocycles. The van der Waals surface area contributed by atoms with Crippen molar-refractivity contribution in [3.8, 4) is 5.75 Å². The van der Waals surface area contributed by atoms with Crippen molar-refractivity contribution in [2.75, 3.05) is 24.7 Å². The summed E-state index contributed by atoms with van der Waals surface area (Å²) in [6, 6.07) is 12.0. The normalized spacial score (nSPS) is 16.1. The highest BCUT2D eigenvalue weighted by molar-refractivity contribution is 7.22. The van der Waals surface area contributed by atoms with Crippen LogP contribution in [0.2, 0.25) is 0 Å². The molecule has 0 bridgehead atoms. The summed E-state index contributed by atoms with van der Waals surface area (Å²) < 4.78 is 26.3. The minimum Gasteiger partial charge on any atom is -0.494 e. The summed E-state index contributed by atoms with van der Waals surface area (Å²) in [5.41, 5.74) is 0.831. The topological polar surface area (TPSA) is 51.7 Å². The molecule has 30 heavy (non-hydrogen) atoms. The second-order valence-electron chi connectivity index (χ2n) is 7.36. The number of rotatable bonds is 8. The van der Waals surface area contributed by atoms with Crippen molar-refractivity contribution in [3.63, 3.8) is 0 Å². The van der Waals surface area contributed by atoms with Crippen LogP contribution in [0.3, 0.4) is 0 Å². The van der Waals surface area contributed by atoms with E-state index in [2.05, 4.69) is 11.9 Å². The van der Waals surface area contributed by atoms with Crippen LogP contribution in [0.5, 0.6) is 5.75 Å². The highest BCUT2D eigenvalue weighted by Gasteiger charge is 2.27. The average Bonchev–Trinajstić information content (AvgIpc) is 3.43. The number of nitrogens with zero attached hydrogens (tertiary/aromatic N) is 2. The maximum atomic E-state index is 14.2. The number of ether oxygens (including phenoxy) is 2. The Hall–Kier alpha value is -2.51. The molecule has 1 fully saturated rings. The number of aromatic nitrogens is 1. The number of hydrogen-bond acceptors (Lipinski definition) is 5. The summed E-state index contributed by atoms with van der Waals surface area (Å²) in [5, 5.41) is 0.485. The first-order chi connectivity index (χ1) is 14.7. The quantitative estimate of drug-likeness (QED) is 0.448. The molecule has 0 N–H and O–H groups in total. The standard InChI is InChI=1S/C23H25FN2O3S/c1-2-3-13-28-17-11-9-16(10-12-17)22(27)26(15-18-6-5-14-29-18)23-25-21-19(24)7-4-8-20(21)30-23/h4,7-12,18H,2-3,5-6,13-15H2,1H3. The van der Waals surface area contributed by atoms with E-state index >= 15 is 0 Å². The lowest BCUT2D eigenvalue weighted by molar-refractivity contribution is 0.0917. The molecule has 5 nitrogen and oxygen atoms in total. The number of hydrogen-bond donors (Lipinski definition) is 0. The van der Waals surface area contributed by atoms with E-state index in [-0.39, 0.29) is 17.8 Å². The number of para-hydroxylation sites is 1. The number of thiazole rings is 1. The highest BCUT2D eigenvalue weighted by atomic mass is 32.1. The number of anilines is 1. The number of amides is 1. The lowest BCUT2D eigenvalue weighted by atomic mass is 10.1. The SMILES string of the molecule is CCCCOc1ccc(C(=O)N(CC2CCCO2)c2nc3c(F)cccc3s2)cc1. The summed E-state index contributed by atoms with van der Waals surface area (Å²) in [7, 11) is 0. The molecule has 1 aromatic heterocycles. The molecule has 1 aliphatic rings. The van der Waals surface area contributed by atoms with Crippen LogP contribution in [0.1, 0.15) is 43.0 Å². The number of carbonyl (C=O) groups is 1. The van der Waals surface area contributed by atoms with Gasteiger partial charge in [-0.15, -0.1) is 0 Å². The van der Waals surface area contributed by atoms with E-state index in [1.807, 2.05) is 18.2 Å². The number of benzene rings is 2. The van der Waals surface area contributed by atoms with Gasteiger partial charge < -0.3 is 9.47 Å². The van der Waals surface area contributed by atoms with Crippen molar-refractivity contribution in [1.82, 2.24) is 4.98 Å². The Labute approximate surface area is 179 Å². The molecule has 0 aliphatic carbocycles. The smallest absolute Gasteiger partial charge is 0.260 e. The third kappa shape index (κ3) is 4.63. The predicted octanol–water partition coefficient (Wildman–Crippen LogP) is 5.44. The van der Waals surface area contributed by atoms with Crippen molar-refractivity contribution >= 4 is 32.6 Å². The van der Waals surface area contributed by atoms with Crippen LogP contribution in [0.4, 0.5) is 9.52 Å². The van der Waals surface area contributed by atoms with Crippen molar-refractivity contribution in [1.29, 1.82) is 0 Å². The van der Waals surface area contributed by atoms with Crippen LogP contribution in [0.25, 0.3) is 10.2 Å². The Balaban J connectivity index is 1.59. The Morgan fingerprint density at radius 1 is 1.30 bits per heavy atom. The van der Waals surface area contributed by atoms with Gasteiger partial charge in [0.05, 0.1) is 24.0 Å². The van der Waals surface area contributed by atoms with E-state index in [9.17, 15) is 9.18 Å². The minimum absolute atomic E-state index is 0.0394. The van der Waals surface area contributed by atoms with Gasteiger partial charge in [0.2, 0.25) is 0 Å². The molecule has 0 radical (unpaired) electrons. The molecule has 158 valence electrons. The van der Waals surface area contributed by atoms with Gasteiger partial charge in [-0.2, -0.15) is 0 Å². The first kappa shape index (κ1) is 20.8. The van der Waals surface area contributed by atoms with E-state index in [1.54, 1.807) is 23.1 Å². The fourth-order valence-corrected chi connectivity index (χ4v) is 4.43. The van der Waals surface area contributed by atoms with Gasteiger partial charge in [-0.05, 0) is 55.7 Å². The molecule has 1 amide bonds. The number of halogens is 1. The summed E-state index contributed by atoms with van der Waals surface area (Å²) in [4.78, 5) is 19.4. The minimum atomic E-state index is -0.381. The fourth-order valence-electron chi connectivity index (χ4n) is 3.44. The second-order valence-corrected chi connectivity index (χ2v) is 8.37. The van der Waals surface area contributed by atoms with Crippen LogP contribution < -0.4 is 9.64 Å². The molecule has 4 rings (SSSR count). The van der Waals surface area contributed by atoms with Crippen molar-refractivity contribution in [2.45, 2.75) is 38.7 Å². The van der Waals surface area contributed by atoms with Crippen molar-refractivity contribution in [2.24, 2.45) is 0 Å². The molecular formula is C23H25FN2O3S. The van der Waals surface area contributed by atoms with Gasteiger partial charge in [-0.3, -0.25) is 9.69 Å². The van der Waals surface area contributed by atoms with E-state index in [0.29, 0.717) is 36.0 Å². The molecule has 1 atom stereocenters. The maximum Gasteiger partial charge on any atom is 0.260 e. The number of carbonyl (C=O) groups excluding carboxylic acids is 1. The zero-order valence-corrected chi connectivity index (χ0v) is 17.8. The van der Waals surface area contributed by atoms with E-state index < -0.39 is 0 Å². The van der Waals surface area contributed by atoms with Gasteiger partial charge in [0.1, 0.15) is 17.1 Å². The molecule has 1 aliphatic heterocycles. The fraction of sp³-hybridized carbons (Fsp3) is 0.391. The third-order valence-corrected chi connectivity index (χ3v) is 6.16.